The van der Waals surface area contributed by atoms with E-state index in [1.807, 2.05) is 19.1 Å². The van der Waals surface area contributed by atoms with Crippen molar-refractivity contribution >= 4 is 10.1 Å². The zero-order chi connectivity index (χ0) is 25.9. The molecular formula is C28H52FNO3S. The molecule has 6 heteroatoms. The van der Waals surface area contributed by atoms with Crippen molar-refractivity contribution in [2.45, 2.75) is 110 Å². The van der Waals surface area contributed by atoms with E-state index in [1.54, 1.807) is 12.1 Å². The quantitative estimate of drug-likeness (QED) is 0.160. The van der Waals surface area contributed by atoms with E-state index >= 15 is 0 Å². The standard InChI is InChI=1S/C16H36N.C12H17FO3S/c1-5-9-13-17(14-10-6-2,15-11-7-3)16-12-8-4;1-2-10-3-5-11(6-4-10)9-12(7-8-13)17(14,15)16/h5-16H2,1-4H3;3-6,12H,2,7-9H2,1H3,(H,14,15,16)/q+1;/p-1. The molecule has 0 saturated heterocycles. The molecule has 1 aromatic rings. The Morgan fingerprint density at radius 1 is 0.765 bits per heavy atom. The van der Waals surface area contributed by atoms with Crippen LogP contribution >= 0.6 is 0 Å². The van der Waals surface area contributed by atoms with E-state index in [0.717, 1.165) is 17.5 Å². The average Bonchev–Trinajstić information content (AvgIpc) is 2.83. The number of alkyl halides is 1. The normalized spacial score (nSPS) is 12.8. The Balaban J connectivity index is 0.000000641. The van der Waals surface area contributed by atoms with E-state index in [1.165, 1.54) is 82.0 Å². The molecule has 0 amide bonds. The maximum absolute atomic E-state index is 12.2. The molecule has 0 N–H and O–H groups in total. The molecule has 1 aromatic carbocycles. The van der Waals surface area contributed by atoms with Gasteiger partial charge in [0.25, 0.3) is 0 Å². The Kier molecular flexibility index (Phi) is 18.7. The first-order valence-electron chi connectivity index (χ1n) is 13.6. The number of nitrogens with zero attached hydrogens (tertiary/aromatic N) is 1. The number of unbranched alkanes of at least 4 members (excludes halogenated alkanes) is 4. The zero-order valence-electron chi connectivity index (χ0n) is 22.7. The zero-order valence-corrected chi connectivity index (χ0v) is 23.5. The van der Waals surface area contributed by atoms with Gasteiger partial charge in [0.05, 0.1) is 48.2 Å². The van der Waals surface area contributed by atoms with Gasteiger partial charge in [0.15, 0.2) is 0 Å². The number of halogens is 1. The second-order valence-electron chi connectivity index (χ2n) is 9.62. The Bertz CT molecular complexity index is 669. The molecule has 0 spiro atoms. The Labute approximate surface area is 210 Å². The van der Waals surface area contributed by atoms with Crippen LogP contribution < -0.4 is 0 Å². The lowest BCUT2D eigenvalue weighted by atomic mass is 10.1. The van der Waals surface area contributed by atoms with Gasteiger partial charge in [-0.25, -0.2) is 8.42 Å². The van der Waals surface area contributed by atoms with Crippen molar-refractivity contribution in [3.8, 4) is 0 Å². The van der Waals surface area contributed by atoms with Gasteiger partial charge in [0.1, 0.15) is 0 Å². The maximum atomic E-state index is 12.2. The Morgan fingerprint density at radius 2 is 1.15 bits per heavy atom. The topological polar surface area (TPSA) is 57.2 Å². The lowest BCUT2D eigenvalue weighted by Gasteiger charge is -2.39. The highest BCUT2D eigenvalue weighted by molar-refractivity contribution is 7.86. The second kappa shape index (κ2) is 19.2. The summed E-state index contributed by atoms with van der Waals surface area (Å²) >= 11 is 0. The summed E-state index contributed by atoms with van der Waals surface area (Å²) in [6.07, 6.45) is 11.8. The van der Waals surface area contributed by atoms with Crippen LogP contribution in [0.2, 0.25) is 0 Å². The Morgan fingerprint density at radius 3 is 1.44 bits per heavy atom. The largest absolute Gasteiger partial charge is 0.748 e. The fraction of sp³-hybridized carbons (Fsp3) is 0.786. The molecular weight excluding hydrogens is 449 g/mol. The molecule has 0 aromatic heterocycles. The van der Waals surface area contributed by atoms with Gasteiger partial charge in [0, 0.05) is 0 Å². The first-order chi connectivity index (χ1) is 16.2. The number of hydrogen-bond donors (Lipinski definition) is 0. The summed E-state index contributed by atoms with van der Waals surface area (Å²) in [6, 6.07) is 7.35. The van der Waals surface area contributed by atoms with Crippen LogP contribution in [0.25, 0.3) is 0 Å². The summed E-state index contributed by atoms with van der Waals surface area (Å²) in [7, 11) is -4.43. The second-order valence-corrected chi connectivity index (χ2v) is 11.3. The van der Waals surface area contributed by atoms with Crippen LogP contribution in [0.4, 0.5) is 4.39 Å². The van der Waals surface area contributed by atoms with Crippen molar-refractivity contribution in [3.63, 3.8) is 0 Å². The van der Waals surface area contributed by atoms with E-state index in [2.05, 4.69) is 27.7 Å². The maximum Gasteiger partial charge on any atom is 0.0979 e. The van der Waals surface area contributed by atoms with E-state index in [0.29, 0.717) is 0 Å². The molecule has 0 radical (unpaired) electrons. The van der Waals surface area contributed by atoms with Gasteiger partial charge in [0.2, 0.25) is 0 Å². The minimum atomic E-state index is -4.43. The fourth-order valence-electron chi connectivity index (χ4n) is 4.29. The summed E-state index contributed by atoms with van der Waals surface area (Å²) in [5, 5.41) is -1.17. The van der Waals surface area contributed by atoms with Gasteiger partial charge in [-0.2, -0.15) is 0 Å². The van der Waals surface area contributed by atoms with E-state index < -0.39 is 22.0 Å². The highest BCUT2D eigenvalue weighted by Gasteiger charge is 2.24. The minimum absolute atomic E-state index is 0.0831. The minimum Gasteiger partial charge on any atom is -0.748 e. The molecule has 0 bridgehead atoms. The van der Waals surface area contributed by atoms with Crippen molar-refractivity contribution in [2.24, 2.45) is 0 Å². The lowest BCUT2D eigenvalue weighted by molar-refractivity contribution is -0.929. The van der Waals surface area contributed by atoms with Crippen LogP contribution in [-0.2, 0) is 23.0 Å². The summed E-state index contributed by atoms with van der Waals surface area (Å²) < 4.78 is 46.4. The van der Waals surface area contributed by atoms with Crippen molar-refractivity contribution < 1.29 is 21.8 Å². The summed E-state index contributed by atoms with van der Waals surface area (Å²) in [5.41, 5.74) is 1.89. The molecule has 200 valence electrons. The third-order valence-electron chi connectivity index (χ3n) is 6.68. The molecule has 0 saturated carbocycles. The number of benzene rings is 1. The number of aryl methyl sites for hydroxylation is 1. The molecule has 1 unspecified atom stereocenters. The molecule has 4 nitrogen and oxygen atoms in total. The van der Waals surface area contributed by atoms with Gasteiger partial charge in [-0.05, 0) is 56.1 Å². The van der Waals surface area contributed by atoms with Crippen molar-refractivity contribution in [1.29, 1.82) is 0 Å². The molecule has 0 fully saturated rings. The smallest absolute Gasteiger partial charge is 0.0979 e. The SMILES string of the molecule is CCCC[N+](CCCC)(CCCC)CCCC.CCc1ccc(CC(CCF)S(=O)(=O)[O-])cc1. The van der Waals surface area contributed by atoms with E-state index in [9.17, 15) is 17.4 Å². The molecule has 1 atom stereocenters. The number of hydrogen-bond acceptors (Lipinski definition) is 3. The number of rotatable bonds is 18. The summed E-state index contributed by atoms with van der Waals surface area (Å²) in [5.74, 6) is 0. The number of quaternary nitrogens is 1. The fourth-order valence-corrected chi connectivity index (χ4v) is 5.06. The van der Waals surface area contributed by atoms with Gasteiger partial charge in [-0.15, -0.1) is 0 Å². The van der Waals surface area contributed by atoms with Gasteiger partial charge in [-0.3, -0.25) is 4.39 Å². The molecule has 0 aliphatic heterocycles. The molecule has 0 heterocycles. The van der Waals surface area contributed by atoms with Crippen molar-refractivity contribution in [3.05, 3.63) is 35.4 Å². The van der Waals surface area contributed by atoms with Gasteiger partial charge >= 0.3 is 0 Å². The van der Waals surface area contributed by atoms with Crippen LogP contribution in [0.15, 0.2) is 24.3 Å². The van der Waals surface area contributed by atoms with E-state index in [4.69, 9.17) is 0 Å². The molecule has 1 rings (SSSR count). The predicted octanol–water partition coefficient (Wildman–Crippen LogP) is 7.07. The predicted molar refractivity (Wildman–Crippen MR) is 143 cm³/mol. The molecule has 34 heavy (non-hydrogen) atoms. The van der Waals surface area contributed by atoms with Gasteiger partial charge < -0.3 is 9.04 Å². The van der Waals surface area contributed by atoms with E-state index in [-0.39, 0.29) is 12.8 Å². The van der Waals surface area contributed by atoms with Gasteiger partial charge in [-0.1, -0.05) is 84.6 Å². The first-order valence-corrected chi connectivity index (χ1v) is 15.1. The van der Waals surface area contributed by atoms with Crippen molar-refractivity contribution in [1.82, 2.24) is 0 Å². The average molecular weight is 502 g/mol. The van der Waals surface area contributed by atoms with Crippen molar-refractivity contribution in [2.75, 3.05) is 32.9 Å². The molecule has 0 aliphatic carbocycles. The summed E-state index contributed by atoms with van der Waals surface area (Å²) in [6.45, 7) is 16.2. The third kappa shape index (κ3) is 14.4. The van der Waals surface area contributed by atoms with Crippen LogP contribution in [0.3, 0.4) is 0 Å². The highest BCUT2D eigenvalue weighted by atomic mass is 32.2. The van der Waals surface area contributed by atoms with Crippen LogP contribution in [-0.4, -0.2) is 55.6 Å². The van der Waals surface area contributed by atoms with Crippen LogP contribution in [0.5, 0.6) is 0 Å². The highest BCUT2D eigenvalue weighted by Crippen LogP contribution is 2.17. The monoisotopic (exact) mass is 501 g/mol. The Hall–Kier alpha value is -0.980. The van der Waals surface area contributed by atoms with Crippen LogP contribution in [0, 0.1) is 0 Å². The first kappa shape index (κ1) is 33.0. The summed E-state index contributed by atoms with van der Waals surface area (Å²) in [4.78, 5) is 0. The third-order valence-corrected chi connectivity index (χ3v) is 7.90. The lowest BCUT2D eigenvalue weighted by Crippen LogP contribution is -2.50. The van der Waals surface area contributed by atoms with Crippen LogP contribution in [0.1, 0.15) is 104 Å². The molecule has 0 aliphatic rings.